The van der Waals surface area contributed by atoms with E-state index in [0.29, 0.717) is 12.1 Å². The van der Waals surface area contributed by atoms with Gasteiger partial charge in [0.05, 0.1) is 6.04 Å². The smallest absolute Gasteiger partial charge is 0.128 e. The minimum absolute atomic E-state index is 0.0310. The molecule has 2 rings (SSSR count). The monoisotopic (exact) mass is 329 g/mol. The molecule has 0 amide bonds. The fourth-order valence-electron chi connectivity index (χ4n) is 2.63. The Morgan fingerprint density at radius 2 is 2.00 bits per heavy atom. The molecule has 1 aromatic rings. The maximum atomic E-state index is 14.0. The second kappa shape index (κ2) is 6.79. The zero-order valence-electron chi connectivity index (χ0n) is 11.3. The van der Waals surface area contributed by atoms with Crippen LogP contribution in [0.2, 0.25) is 0 Å². The Bertz CT molecular complexity index is 419. The summed E-state index contributed by atoms with van der Waals surface area (Å²) in [6.07, 6.45) is 0. The minimum atomic E-state index is -0.170. The Morgan fingerprint density at radius 3 is 2.58 bits per heavy atom. The molecule has 19 heavy (non-hydrogen) atoms. The van der Waals surface area contributed by atoms with Crippen molar-refractivity contribution in [3.63, 3.8) is 0 Å². The molecule has 0 radical (unpaired) electrons. The van der Waals surface area contributed by atoms with Crippen LogP contribution in [0.15, 0.2) is 22.7 Å². The van der Waals surface area contributed by atoms with Gasteiger partial charge < -0.3 is 10.6 Å². The van der Waals surface area contributed by atoms with Gasteiger partial charge in [0, 0.05) is 42.8 Å². The summed E-state index contributed by atoms with van der Waals surface area (Å²) in [7, 11) is 0. The van der Waals surface area contributed by atoms with Crippen molar-refractivity contribution in [3.05, 3.63) is 34.1 Å². The summed E-state index contributed by atoms with van der Waals surface area (Å²) in [4.78, 5) is 4.69. The van der Waals surface area contributed by atoms with Gasteiger partial charge in [0.15, 0.2) is 0 Å². The van der Waals surface area contributed by atoms with Crippen LogP contribution in [0, 0.1) is 5.82 Å². The lowest BCUT2D eigenvalue weighted by molar-refractivity contribution is 0.100. The molecule has 1 atom stereocenters. The number of nitrogens with two attached hydrogens (primary N) is 1. The quantitative estimate of drug-likeness (QED) is 0.919. The van der Waals surface area contributed by atoms with Crippen molar-refractivity contribution in [2.45, 2.75) is 13.0 Å². The Labute approximate surface area is 122 Å². The molecule has 5 heteroatoms. The molecular weight excluding hydrogens is 309 g/mol. The minimum Gasteiger partial charge on any atom is -0.329 e. The van der Waals surface area contributed by atoms with Crippen LogP contribution in [0.3, 0.4) is 0 Å². The first-order chi connectivity index (χ1) is 9.15. The van der Waals surface area contributed by atoms with Gasteiger partial charge in [0.2, 0.25) is 0 Å². The number of hydrogen-bond acceptors (Lipinski definition) is 3. The SMILES string of the molecule is CCN1CCN(C(CN)c2cc(Br)ccc2F)CC1. The first kappa shape index (κ1) is 14.9. The summed E-state index contributed by atoms with van der Waals surface area (Å²) in [5, 5.41) is 0. The van der Waals surface area contributed by atoms with E-state index in [1.54, 1.807) is 6.07 Å². The summed E-state index contributed by atoms with van der Waals surface area (Å²) in [5.41, 5.74) is 6.58. The third-order valence-electron chi connectivity index (χ3n) is 3.84. The van der Waals surface area contributed by atoms with Gasteiger partial charge in [0.1, 0.15) is 5.82 Å². The average molecular weight is 330 g/mol. The summed E-state index contributed by atoms with van der Waals surface area (Å²) >= 11 is 3.40. The molecule has 0 spiro atoms. The van der Waals surface area contributed by atoms with E-state index in [9.17, 15) is 4.39 Å². The van der Waals surface area contributed by atoms with Gasteiger partial charge in [-0.1, -0.05) is 22.9 Å². The number of benzene rings is 1. The lowest BCUT2D eigenvalue weighted by Crippen LogP contribution is -2.49. The van der Waals surface area contributed by atoms with Crippen LogP contribution in [0.1, 0.15) is 18.5 Å². The number of halogens is 2. The van der Waals surface area contributed by atoms with Crippen molar-refractivity contribution in [3.8, 4) is 0 Å². The molecule has 106 valence electrons. The van der Waals surface area contributed by atoms with Gasteiger partial charge in [-0.3, -0.25) is 4.90 Å². The van der Waals surface area contributed by atoms with Gasteiger partial charge in [-0.25, -0.2) is 4.39 Å². The first-order valence-electron chi connectivity index (χ1n) is 6.77. The molecule has 1 unspecified atom stereocenters. The average Bonchev–Trinajstić information content (AvgIpc) is 2.44. The van der Waals surface area contributed by atoms with Gasteiger partial charge in [-0.05, 0) is 24.7 Å². The molecule has 2 N–H and O–H groups in total. The van der Waals surface area contributed by atoms with Crippen LogP contribution in [-0.4, -0.2) is 49.1 Å². The van der Waals surface area contributed by atoms with Crippen molar-refractivity contribution in [1.29, 1.82) is 0 Å². The molecule has 0 aliphatic carbocycles. The lowest BCUT2D eigenvalue weighted by Gasteiger charge is -2.38. The number of nitrogens with zero attached hydrogens (tertiary/aromatic N) is 2. The van der Waals surface area contributed by atoms with Gasteiger partial charge >= 0.3 is 0 Å². The van der Waals surface area contributed by atoms with E-state index < -0.39 is 0 Å². The van der Waals surface area contributed by atoms with Gasteiger partial charge in [-0.2, -0.15) is 0 Å². The highest BCUT2D eigenvalue weighted by Gasteiger charge is 2.25. The number of rotatable bonds is 4. The molecule has 3 nitrogen and oxygen atoms in total. The van der Waals surface area contributed by atoms with Crippen molar-refractivity contribution in [2.24, 2.45) is 5.73 Å². The van der Waals surface area contributed by atoms with Crippen LogP contribution in [0.4, 0.5) is 4.39 Å². The second-order valence-electron chi connectivity index (χ2n) is 4.89. The molecule has 1 heterocycles. The molecule has 1 aliphatic rings. The van der Waals surface area contributed by atoms with E-state index in [2.05, 4.69) is 32.7 Å². The maximum Gasteiger partial charge on any atom is 0.128 e. The van der Waals surface area contributed by atoms with Crippen molar-refractivity contribution >= 4 is 15.9 Å². The highest BCUT2D eigenvalue weighted by atomic mass is 79.9. The summed E-state index contributed by atoms with van der Waals surface area (Å²) in [6, 6.07) is 5.04. The Balaban J connectivity index is 2.14. The zero-order valence-corrected chi connectivity index (χ0v) is 12.9. The largest absolute Gasteiger partial charge is 0.329 e. The summed E-state index contributed by atoms with van der Waals surface area (Å²) in [6.45, 7) is 7.64. The predicted octanol–water partition coefficient (Wildman–Crippen LogP) is 2.23. The molecule has 1 fully saturated rings. The van der Waals surface area contributed by atoms with E-state index in [0.717, 1.165) is 37.2 Å². The number of hydrogen-bond donors (Lipinski definition) is 1. The van der Waals surface area contributed by atoms with Gasteiger partial charge in [-0.15, -0.1) is 0 Å². The molecule has 1 aromatic carbocycles. The van der Waals surface area contributed by atoms with Crippen molar-refractivity contribution < 1.29 is 4.39 Å². The highest BCUT2D eigenvalue weighted by molar-refractivity contribution is 9.10. The Morgan fingerprint density at radius 1 is 1.32 bits per heavy atom. The number of likely N-dealkylation sites (N-methyl/N-ethyl adjacent to an activating group) is 1. The Hall–Kier alpha value is -0.490. The Kier molecular flexibility index (Phi) is 5.33. The first-order valence-corrected chi connectivity index (χ1v) is 7.56. The topological polar surface area (TPSA) is 32.5 Å². The molecule has 0 saturated carbocycles. The van der Waals surface area contributed by atoms with Crippen molar-refractivity contribution in [1.82, 2.24) is 9.80 Å². The van der Waals surface area contributed by atoms with E-state index in [-0.39, 0.29) is 11.9 Å². The molecule has 1 saturated heterocycles. The van der Waals surface area contributed by atoms with Crippen LogP contribution in [0.25, 0.3) is 0 Å². The predicted molar refractivity (Wildman–Crippen MR) is 79.6 cm³/mol. The van der Waals surface area contributed by atoms with E-state index in [1.807, 2.05) is 6.07 Å². The fraction of sp³-hybridized carbons (Fsp3) is 0.571. The zero-order chi connectivity index (χ0) is 13.8. The van der Waals surface area contributed by atoms with E-state index in [1.165, 1.54) is 6.07 Å². The normalized spacial score (nSPS) is 19.6. The van der Waals surface area contributed by atoms with E-state index >= 15 is 0 Å². The molecule has 0 bridgehead atoms. The highest BCUT2D eigenvalue weighted by Crippen LogP contribution is 2.26. The fourth-order valence-corrected chi connectivity index (χ4v) is 3.01. The summed E-state index contributed by atoms with van der Waals surface area (Å²) < 4.78 is 14.9. The molecular formula is C14H21BrFN3. The maximum absolute atomic E-state index is 14.0. The third-order valence-corrected chi connectivity index (χ3v) is 4.33. The third kappa shape index (κ3) is 3.54. The summed E-state index contributed by atoms with van der Waals surface area (Å²) in [5.74, 6) is -0.170. The van der Waals surface area contributed by atoms with E-state index in [4.69, 9.17) is 5.73 Å². The molecule has 1 aliphatic heterocycles. The number of piperazine rings is 1. The molecule has 0 aromatic heterocycles. The van der Waals surface area contributed by atoms with Crippen LogP contribution in [0.5, 0.6) is 0 Å². The van der Waals surface area contributed by atoms with Crippen LogP contribution < -0.4 is 5.73 Å². The van der Waals surface area contributed by atoms with Gasteiger partial charge in [0.25, 0.3) is 0 Å². The standard InChI is InChI=1S/C14H21BrFN3/c1-2-18-5-7-19(8-6-18)14(10-17)12-9-11(15)3-4-13(12)16/h3-4,9,14H,2,5-8,10,17H2,1H3. The lowest BCUT2D eigenvalue weighted by atomic mass is 10.0. The second-order valence-corrected chi connectivity index (χ2v) is 5.80. The van der Waals surface area contributed by atoms with Crippen LogP contribution in [-0.2, 0) is 0 Å². The van der Waals surface area contributed by atoms with Crippen LogP contribution >= 0.6 is 15.9 Å². The van der Waals surface area contributed by atoms with Crippen molar-refractivity contribution in [2.75, 3.05) is 39.3 Å².